The number of benzene rings is 1. The van der Waals surface area contributed by atoms with E-state index in [9.17, 15) is 19.5 Å². The summed E-state index contributed by atoms with van der Waals surface area (Å²) in [6.45, 7) is 5.09. The molecular weight excluding hydrogens is 352 g/mol. The van der Waals surface area contributed by atoms with Gasteiger partial charge >= 0.3 is 12.1 Å². The molecule has 1 heterocycles. The minimum atomic E-state index is -1.16. The molecule has 0 saturated heterocycles. The summed E-state index contributed by atoms with van der Waals surface area (Å²) in [5.41, 5.74) is 6.03. The zero-order valence-corrected chi connectivity index (χ0v) is 15.3. The van der Waals surface area contributed by atoms with Gasteiger partial charge in [-0.3, -0.25) is 4.79 Å². The maximum absolute atomic E-state index is 11.8. The number of nitrogens with two attached hydrogens (primary N) is 1. The molecule has 144 valence electrons. The van der Waals surface area contributed by atoms with Gasteiger partial charge in [-0.2, -0.15) is 0 Å². The molecule has 0 aliphatic carbocycles. The maximum Gasteiger partial charge on any atom is 0.408 e. The molecule has 0 bridgehead atoms. The van der Waals surface area contributed by atoms with Crippen molar-refractivity contribution in [3.05, 3.63) is 48.0 Å². The lowest BCUT2D eigenvalue weighted by atomic mass is 10.1. The number of carbonyl (C=O) groups is 3. The first-order chi connectivity index (χ1) is 12.5. The SMILES string of the molecule is CC(C)(C)OC(=O)N[C@@H](Cc1ccc(-n2cnc(C(N)=O)c2)cc1)C(=O)O. The number of amides is 2. The summed E-state index contributed by atoms with van der Waals surface area (Å²) in [7, 11) is 0. The smallest absolute Gasteiger partial charge is 0.408 e. The summed E-state index contributed by atoms with van der Waals surface area (Å²) >= 11 is 0. The van der Waals surface area contributed by atoms with Gasteiger partial charge < -0.3 is 25.5 Å². The molecule has 0 radical (unpaired) electrons. The fraction of sp³-hybridized carbons (Fsp3) is 0.333. The number of ether oxygens (including phenoxy) is 1. The van der Waals surface area contributed by atoms with Crippen molar-refractivity contribution in [2.45, 2.75) is 38.8 Å². The zero-order chi connectivity index (χ0) is 20.2. The third kappa shape index (κ3) is 5.84. The van der Waals surface area contributed by atoms with Crippen LogP contribution in [-0.4, -0.2) is 44.3 Å². The molecule has 27 heavy (non-hydrogen) atoms. The van der Waals surface area contributed by atoms with Gasteiger partial charge in [-0.25, -0.2) is 14.6 Å². The number of aromatic nitrogens is 2. The number of imidazole rings is 1. The summed E-state index contributed by atoms with van der Waals surface area (Å²) in [6, 6.07) is 5.82. The number of nitrogens with zero attached hydrogens (tertiary/aromatic N) is 2. The summed E-state index contributed by atoms with van der Waals surface area (Å²) in [4.78, 5) is 38.3. The molecule has 0 aliphatic rings. The van der Waals surface area contributed by atoms with Gasteiger partial charge in [-0.05, 0) is 38.5 Å². The Morgan fingerprint density at radius 3 is 2.37 bits per heavy atom. The van der Waals surface area contributed by atoms with Crippen molar-refractivity contribution in [2.24, 2.45) is 5.73 Å². The van der Waals surface area contributed by atoms with Gasteiger partial charge in [-0.1, -0.05) is 12.1 Å². The standard InChI is InChI=1S/C18H22N4O5/c1-18(2,3)27-17(26)21-13(16(24)25)8-11-4-6-12(7-5-11)22-9-14(15(19)23)20-10-22/h4-7,9-10,13H,8H2,1-3H3,(H2,19,23)(H,21,26)(H,24,25)/t13-/m0/s1. The fourth-order valence-electron chi connectivity index (χ4n) is 2.28. The summed E-state index contributed by atoms with van der Waals surface area (Å²) in [6.07, 6.45) is 2.26. The molecule has 0 spiro atoms. The van der Waals surface area contributed by atoms with Crippen LogP contribution in [0.2, 0.25) is 0 Å². The third-order valence-electron chi connectivity index (χ3n) is 3.50. The first-order valence-electron chi connectivity index (χ1n) is 8.20. The number of aliphatic carboxylic acids is 1. The second kappa shape index (κ2) is 7.90. The monoisotopic (exact) mass is 374 g/mol. The van der Waals surface area contributed by atoms with Gasteiger partial charge in [-0.15, -0.1) is 0 Å². The molecule has 0 fully saturated rings. The van der Waals surface area contributed by atoms with E-state index in [0.717, 1.165) is 5.69 Å². The topological polar surface area (TPSA) is 137 Å². The number of hydrogen-bond acceptors (Lipinski definition) is 5. The molecule has 0 unspecified atom stereocenters. The molecule has 2 rings (SSSR count). The quantitative estimate of drug-likeness (QED) is 0.701. The molecule has 9 nitrogen and oxygen atoms in total. The maximum atomic E-state index is 11.8. The van der Waals surface area contributed by atoms with Crippen LogP contribution in [0.25, 0.3) is 5.69 Å². The van der Waals surface area contributed by atoms with E-state index in [1.807, 2.05) is 0 Å². The first-order valence-corrected chi connectivity index (χ1v) is 8.20. The van der Waals surface area contributed by atoms with Crippen molar-refractivity contribution >= 4 is 18.0 Å². The molecular formula is C18H22N4O5. The van der Waals surface area contributed by atoms with Crippen LogP contribution in [0, 0.1) is 0 Å². The van der Waals surface area contributed by atoms with Gasteiger partial charge in [0.25, 0.3) is 5.91 Å². The number of nitrogens with one attached hydrogen (secondary N) is 1. The van der Waals surface area contributed by atoms with Crippen LogP contribution in [0.1, 0.15) is 36.8 Å². The van der Waals surface area contributed by atoms with E-state index in [2.05, 4.69) is 10.3 Å². The predicted molar refractivity (Wildman–Crippen MR) is 96.6 cm³/mol. The first kappa shape index (κ1) is 20.0. The number of rotatable bonds is 6. The third-order valence-corrected chi connectivity index (χ3v) is 3.50. The number of carbonyl (C=O) groups excluding carboxylic acids is 2. The lowest BCUT2D eigenvalue weighted by Crippen LogP contribution is -2.44. The Labute approximate surface area is 156 Å². The Bertz CT molecular complexity index is 836. The van der Waals surface area contributed by atoms with E-state index in [0.29, 0.717) is 5.56 Å². The number of carboxylic acid groups (broad SMARTS) is 1. The Hall–Kier alpha value is -3.36. The molecule has 0 aliphatic heterocycles. The second-order valence-corrected chi connectivity index (χ2v) is 6.94. The minimum absolute atomic E-state index is 0.0886. The molecule has 2 amide bonds. The average molecular weight is 374 g/mol. The van der Waals surface area contributed by atoms with Crippen LogP contribution in [-0.2, 0) is 16.0 Å². The van der Waals surface area contributed by atoms with Gasteiger partial charge in [0.1, 0.15) is 23.7 Å². The molecule has 1 aromatic carbocycles. The van der Waals surface area contributed by atoms with Crippen molar-refractivity contribution in [3.63, 3.8) is 0 Å². The normalized spacial score (nSPS) is 12.3. The van der Waals surface area contributed by atoms with Crippen LogP contribution in [0.5, 0.6) is 0 Å². The second-order valence-electron chi connectivity index (χ2n) is 6.94. The number of alkyl carbamates (subject to hydrolysis) is 1. The lowest BCUT2D eigenvalue weighted by Gasteiger charge is -2.22. The van der Waals surface area contributed by atoms with Crippen LogP contribution < -0.4 is 11.1 Å². The van der Waals surface area contributed by atoms with E-state index in [1.165, 1.54) is 12.5 Å². The summed E-state index contributed by atoms with van der Waals surface area (Å²) < 4.78 is 6.72. The van der Waals surface area contributed by atoms with E-state index in [4.69, 9.17) is 10.5 Å². The highest BCUT2D eigenvalue weighted by Crippen LogP contribution is 2.13. The largest absolute Gasteiger partial charge is 0.480 e. The van der Waals surface area contributed by atoms with Crippen LogP contribution in [0.3, 0.4) is 0 Å². The minimum Gasteiger partial charge on any atom is -0.480 e. The van der Waals surface area contributed by atoms with Crippen LogP contribution in [0.4, 0.5) is 4.79 Å². The highest BCUT2D eigenvalue weighted by Gasteiger charge is 2.24. The van der Waals surface area contributed by atoms with Crippen molar-refractivity contribution in [2.75, 3.05) is 0 Å². The van der Waals surface area contributed by atoms with Crippen LogP contribution in [0.15, 0.2) is 36.8 Å². The molecule has 4 N–H and O–H groups in total. The molecule has 2 aromatic rings. The molecule has 9 heteroatoms. The zero-order valence-electron chi connectivity index (χ0n) is 15.3. The van der Waals surface area contributed by atoms with Gasteiger partial charge in [0.15, 0.2) is 0 Å². The highest BCUT2D eigenvalue weighted by atomic mass is 16.6. The Morgan fingerprint density at radius 1 is 1.26 bits per heavy atom. The van der Waals surface area contributed by atoms with Gasteiger partial charge in [0, 0.05) is 18.3 Å². The van der Waals surface area contributed by atoms with Gasteiger partial charge in [0.05, 0.1) is 0 Å². The van der Waals surface area contributed by atoms with Crippen LogP contribution >= 0.6 is 0 Å². The highest BCUT2D eigenvalue weighted by molar-refractivity contribution is 5.90. The van der Waals surface area contributed by atoms with Gasteiger partial charge in [0.2, 0.25) is 0 Å². The number of hydrogen-bond donors (Lipinski definition) is 3. The predicted octanol–water partition coefficient (Wildman–Crippen LogP) is 1.49. The summed E-state index contributed by atoms with van der Waals surface area (Å²) in [5, 5.41) is 11.7. The number of primary amides is 1. The molecule has 1 aromatic heterocycles. The molecule has 1 atom stereocenters. The molecule has 0 saturated carbocycles. The fourth-order valence-corrected chi connectivity index (χ4v) is 2.28. The van der Waals surface area contributed by atoms with Crippen molar-refractivity contribution < 1.29 is 24.2 Å². The Morgan fingerprint density at radius 2 is 1.89 bits per heavy atom. The van der Waals surface area contributed by atoms with Crippen molar-refractivity contribution in [3.8, 4) is 5.69 Å². The summed E-state index contributed by atoms with van der Waals surface area (Å²) in [5.74, 6) is -1.78. The van der Waals surface area contributed by atoms with E-state index < -0.39 is 29.6 Å². The van der Waals surface area contributed by atoms with Crippen molar-refractivity contribution in [1.82, 2.24) is 14.9 Å². The lowest BCUT2D eigenvalue weighted by molar-refractivity contribution is -0.139. The Kier molecular flexibility index (Phi) is 5.84. The Balaban J connectivity index is 2.07. The average Bonchev–Trinajstić information content (AvgIpc) is 3.03. The number of carboxylic acids is 1. The van der Waals surface area contributed by atoms with E-state index in [1.54, 1.807) is 49.6 Å². The van der Waals surface area contributed by atoms with E-state index in [-0.39, 0.29) is 12.1 Å². The van der Waals surface area contributed by atoms with E-state index >= 15 is 0 Å². The van der Waals surface area contributed by atoms with Crippen molar-refractivity contribution in [1.29, 1.82) is 0 Å².